The minimum atomic E-state index is -0.811. The minimum absolute atomic E-state index is 0.101. The average Bonchev–Trinajstić information content (AvgIpc) is 3.43. The van der Waals surface area contributed by atoms with Crippen molar-refractivity contribution in [2.45, 2.75) is 322 Å². The number of rotatable bonds is 59. The SMILES string of the molecule is CC/C=C\C/C=C\C/C=C\C/C=C\CCC(=O)OCC(COC(=O)CCCCCCCCCCCCCCCCCC/C=C\C/C=C\C/C=C\CCCCCCC)OC(=O)CCCCCCC/C=C\CCCCCCCC. The lowest BCUT2D eigenvalue weighted by molar-refractivity contribution is -0.166. The molecule has 0 aromatic heterocycles. The maximum Gasteiger partial charge on any atom is 0.306 e. The number of hydrogen-bond acceptors (Lipinski definition) is 6. The fourth-order valence-electron chi connectivity index (χ4n) is 9.17. The number of unbranched alkanes of at least 4 members (excludes halogenated alkanes) is 32. The molecule has 0 amide bonds. The van der Waals surface area contributed by atoms with E-state index in [2.05, 4.69) is 112 Å². The van der Waals surface area contributed by atoms with Crippen molar-refractivity contribution in [2.75, 3.05) is 13.2 Å². The largest absolute Gasteiger partial charge is 0.462 e. The summed E-state index contributed by atoms with van der Waals surface area (Å²) in [4.78, 5) is 38.2. The first kappa shape index (κ1) is 73.3. The Bertz CT molecular complexity index is 1510. The third kappa shape index (κ3) is 63.0. The average molecular weight is 1070 g/mol. The van der Waals surface area contributed by atoms with Crippen LogP contribution >= 0.6 is 0 Å². The van der Waals surface area contributed by atoms with Gasteiger partial charge in [0.05, 0.1) is 0 Å². The second kappa shape index (κ2) is 64.9. The molecule has 0 aliphatic rings. The molecule has 0 N–H and O–H groups in total. The van der Waals surface area contributed by atoms with Crippen molar-refractivity contribution >= 4 is 17.9 Å². The zero-order chi connectivity index (χ0) is 55.7. The van der Waals surface area contributed by atoms with E-state index in [1.807, 2.05) is 6.08 Å². The van der Waals surface area contributed by atoms with Crippen LogP contribution < -0.4 is 0 Å². The van der Waals surface area contributed by atoms with Crippen molar-refractivity contribution in [3.8, 4) is 0 Å². The number of carbonyl (C=O) groups is 3. The predicted molar refractivity (Wildman–Crippen MR) is 334 cm³/mol. The van der Waals surface area contributed by atoms with Crippen molar-refractivity contribution in [2.24, 2.45) is 0 Å². The van der Waals surface area contributed by atoms with Crippen molar-refractivity contribution in [1.82, 2.24) is 0 Å². The van der Waals surface area contributed by atoms with Crippen LogP contribution in [-0.4, -0.2) is 37.2 Å². The third-order valence-electron chi connectivity index (χ3n) is 14.1. The molecule has 0 aliphatic carbocycles. The first-order valence-electron chi connectivity index (χ1n) is 32.7. The van der Waals surface area contributed by atoms with Crippen molar-refractivity contribution in [3.05, 3.63) is 97.2 Å². The van der Waals surface area contributed by atoms with E-state index in [-0.39, 0.29) is 37.5 Å². The van der Waals surface area contributed by atoms with Crippen LogP contribution in [-0.2, 0) is 28.6 Å². The summed E-state index contributed by atoms with van der Waals surface area (Å²) in [6.45, 7) is 6.46. The summed E-state index contributed by atoms with van der Waals surface area (Å²) in [7, 11) is 0. The Kier molecular flexibility index (Phi) is 61.8. The molecule has 0 fully saturated rings. The molecule has 77 heavy (non-hydrogen) atoms. The number of esters is 3. The maximum absolute atomic E-state index is 12.9. The van der Waals surface area contributed by atoms with E-state index in [0.717, 1.165) is 89.9 Å². The van der Waals surface area contributed by atoms with Crippen LogP contribution in [0.4, 0.5) is 0 Å². The standard InChI is InChI=1S/C71H122O6/c1-4-7-10-13-16-19-22-25-27-28-29-30-31-32-33-34-35-36-37-38-39-40-41-42-44-46-49-52-55-58-61-64-70(73)76-67-68(66-75-69(72)63-60-57-54-51-48-45-24-21-18-15-12-9-6-3)77-71(74)65-62-59-56-53-50-47-43-26-23-20-17-14-11-8-5-2/h9,12,18,21-22,25-26,28-29,31-32,43,45,48,54,57,68H,4-8,10-11,13-17,19-20,23-24,27,30,33-42,44,46-47,49-53,55-56,58-67H2,1-3H3/b12-9-,21-18-,25-22-,29-28-,32-31-,43-26-,48-45-,57-54-. The number of allylic oxidation sites excluding steroid dienone is 16. The van der Waals surface area contributed by atoms with Gasteiger partial charge in [0, 0.05) is 19.3 Å². The fourth-order valence-corrected chi connectivity index (χ4v) is 9.17. The van der Waals surface area contributed by atoms with Crippen LogP contribution in [0.25, 0.3) is 0 Å². The molecular formula is C71H122O6. The van der Waals surface area contributed by atoms with Crippen LogP contribution in [0.2, 0.25) is 0 Å². The lowest BCUT2D eigenvalue weighted by Gasteiger charge is -2.18. The topological polar surface area (TPSA) is 78.9 Å². The zero-order valence-corrected chi connectivity index (χ0v) is 50.7. The molecule has 0 aromatic carbocycles. The lowest BCUT2D eigenvalue weighted by Crippen LogP contribution is -2.30. The van der Waals surface area contributed by atoms with Gasteiger partial charge >= 0.3 is 17.9 Å². The molecule has 0 bridgehead atoms. The first-order valence-corrected chi connectivity index (χ1v) is 32.7. The summed E-state index contributed by atoms with van der Waals surface area (Å²) in [6, 6.07) is 0. The Morgan fingerprint density at radius 1 is 0.273 bits per heavy atom. The second-order valence-electron chi connectivity index (χ2n) is 21.6. The van der Waals surface area contributed by atoms with Gasteiger partial charge in [0.15, 0.2) is 6.10 Å². The third-order valence-corrected chi connectivity index (χ3v) is 14.1. The Hall–Kier alpha value is -3.67. The van der Waals surface area contributed by atoms with E-state index in [4.69, 9.17) is 14.2 Å². The van der Waals surface area contributed by atoms with Crippen LogP contribution in [0.15, 0.2) is 97.2 Å². The van der Waals surface area contributed by atoms with Gasteiger partial charge in [-0.15, -0.1) is 0 Å². The summed E-state index contributed by atoms with van der Waals surface area (Å²) in [5.41, 5.74) is 0. The van der Waals surface area contributed by atoms with Crippen LogP contribution in [0.3, 0.4) is 0 Å². The smallest absolute Gasteiger partial charge is 0.306 e. The molecule has 0 heterocycles. The molecule has 6 nitrogen and oxygen atoms in total. The molecule has 6 heteroatoms. The first-order chi connectivity index (χ1) is 38.0. The Morgan fingerprint density at radius 3 is 0.883 bits per heavy atom. The minimum Gasteiger partial charge on any atom is -0.462 e. The highest BCUT2D eigenvalue weighted by molar-refractivity contribution is 5.71. The highest BCUT2D eigenvalue weighted by atomic mass is 16.6. The van der Waals surface area contributed by atoms with Gasteiger partial charge in [0.1, 0.15) is 13.2 Å². The van der Waals surface area contributed by atoms with E-state index >= 15 is 0 Å². The predicted octanol–water partition coefficient (Wildman–Crippen LogP) is 22.4. The lowest BCUT2D eigenvalue weighted by atomic mass is 10.0. The molecular weight excluding hydrogens is 949 g/mol. The molecule has 442 valence electrons. The zero-order valence-electron chi connectivity index (χ0n) is 50.7. The molecule has 0 rings (SSSR count). The Morgan fingerprint density at radius 2 is 0.532 bits per heavy atom. The van der Waals surface area contributed by atoms with Gasteiger partial charge < -0.3 is 14.2 Å². The Balaban J connectivity index is 4.22. The molecule has 0 aliphatic heterocycles. The van der Waals surface area contributed by atoms with Gasteiger partial charge in [-0.1, -0.05) is 285 Å². The summed E-state index contributed by atoms with van der Waals surface area (Å²) in [5.74, 6) is -0.987. The number of ether oxygens (including phenoxy) is 3. The Labute approximate surface area is 477 Å². The van der Waals surface area contributed by atoms with E-state index in [9.17, 15) is 14.4 Å². The highest BCUT2D eigenvalue weighted by Gasteiger charge is 2.19. The molecule has 0 spiro atoms. The van der Waals surface area contributed by atoms with E-state index in [1.165, 1.54) is 180 Å². The van der Waals surface area contributed by atoms with Gasteiger partial charge in [-0.3, -0.25) is 14.4 Å². The summed E-state index contributed by atoms with van der Waals surface area (Å²) in [6.07, 6.45) is 87.3. The van der Waals surface area contributed by atoms with Gasteiger partial charge in [-0.25, -0.2) is 0 Å². The maximum atomic E-state index is 12.9. The second-order valence-corrected chi connectivity index (χ2v) is 21.6. The molecule has 1 atom stereocenters. The highest BCUT2D eigenvalue weighted by Crippen LogP contribution is 2.16. The van der Waals surface area contributed by atoms with Gasteiger partial charge in [0.25, 0.3) is 0 Å². The summed E-state index contributed by atoms with van der Waals surface area (Å²) >= 11 is 0. The quantitative estimate of drug-likeness (QED) is 0.0261. The van der Waals surface area contributed by atoms with E-state index in [1.54, 1.807) is 0 Å². The number of carbonyl (C=O) groups excluding carboxylic acids is 3. The summed E-state index contributed by atoms with van der Waals surface area (Å²) < 4.78 is 16.8. The van der Waals surface area contributed by atoms with Crippen molar-refractivity contribution < 1.29 is 28.6 Å². The summed E-state index contributed by atoms with van der Waals surface area (Å²) in [5, 5.41) is 0. The normalized spacial score (nSPS) is 12.7. The molecule has 1 unspecified atom stereocenters. The molecule has 0 saturated heterocycles. The van der Waals surface area contributed by atoms with Gasteiger partial charge in [-0.2, -0.15) is 0 Å². The monoisotopic (exact) mass is 1070 g/mol. The molecule has 0 radical (unpaired) electrons. The van der Waals surface area contributed by atoms with Gasteiger partial charge in [0.2, 0.25) is 0 Å². The van der Waals surface area contributed by atoms with E-state index in [0.29, 0.717) is 19.3 Å². The van der Waals surface area contributed by atoms with Crippen molar-refractivity contribution in [3.63, 3.8) is 0 Å². The molecule has 0 aromatic rings. The fraction of sp³-hybridized carbons (Fsp3) is 0.732. The van der Waals surface area contributed by atoms with Crippen LogP contribution in [0.5, 0.6) is 0 Å². The van der Waals surface area contributed by atoms with E-state index < -0.39 is 6.10 Å². The van der Waals surface area contributed by atoms with Gasteiger partial charge in [-0.05, 0) is 109 Å². The van der Waals surface area contributed by atoms with Crippen LogP contribution in [0, 0.1) is 0 Å². The number of hydrogen-bond donors (Lipinski definition) is 0. The van der Waals surface area contributed by atoms with Crippen molar-refractivity contribution in [1.29, 1.82) is 0 Å². The molecule has 0 saturated carbocycles. The van der Waals surface area contributed by atoms with Crippen LogP contribution in [0.1, 0.15) is 316 Å².